The van der Waals surface area contributed by atoms with Gasteiger partial charge >= 0.3 is 0 Å². The molecule has 28 heavy (non-hydrogen) atoms. The van der Waals surface area contributed by atoms with Gasteiger partial charge in [0.1, 0.15) is 0 Å². The fourth-order valence-electron chi connectivity index (χ4n) is 3.57. The molecule has 1 N–H and O–H groups in total. The molecule has 1 fully saturated rings. The van der Waals surface area contributed by atoms with Crippen molar-refractivity contribution in [3.63, 3.8) is 0 Å². The van der Waals surface area contributed by atoms with Crippen LogP contribution in [0.2, 0.25) is 0 Å². The summed E-state index contributed by atoms with van der Waals surface area (Å²) >= 11 is 0. The molecule has 1 unspecified atom stereocenters. The molecule has 2 aromatic rings. The molecule has 0 aliphatic carbocycles. The van der Waals surface area contributed by atoms with Gasteiger partial charge in [-0.05, 0) is 29.8 Å². The standard InChI is InChI=1S/C20H18N2O6/c23-19-6-13(9-22(19)14-2-4-16-18(7-14)28-11-26-16)20(24)21-8-12-1-3-15-17(5-12)27-10-25-15/h1-5,7,13H,6,8-11H2,(H,21,24). The van der Waals surface area contributed by atoms with Crippen LogP contribution in [0.4, 0.5) is 5.69 Å². The molecular formula is C20H18N2O6. The van der Waals surface area contributed by atoms with Gasteiger partial charge in [-0.25, -0.2) is 0 Å². The summed E-state index contributed by atoms with van der Waals surface area (Å²) in [6.07, 6.45) is 0.182. The maximum atomic E-state index is 12.6. The van der Waals surface area contributed by atoms with Gasteiger partial charge in [-0.15, -0.1) is 0 Å². The highest BCUT2D eigenvalue weighted by molar-refractivity contribution is 6.00. The van der Waals surface area contributed by atoms with Crippen molar-refractivity contribution >= 4 is 17.5 Å². The van der Waals surface area contributed by atoms with E-state index >= 15 is 0 Å². The summed E-state index contributed by atoms with van der Waals surface area (Å²) in [5.74, 6) is 2.03. The number of anilines is 1. The second-order valence-electron chi connectivity index (χ2n) is 6.85. The number of carbonyl (C=O) groups excluding carboxylic acids is 2. The van der Waals surface area contributed by atoms with Gasteiger partial charge < -0.3 is 29.2 Å². The SMILES string of the molecule is O=C(NCc1ccc2c(c1)OCO2)C1CC(=O)N(c2ccc3c(c2)OCO3)C1. The maximum Gasteiger partial charge on any atom is 0.231 e. The van der Waals surface area contributed by atoms with Crippen LogP contribution in [-0.4, -0.2) is 31.9 Å². The first-order chi connectivity index (χ1) is 13.7. The zero-order valence-corrected chi connectivity index (χ0v) is 15.0. The number of fused-ring (bicyclic) bond motifs is 2. The molecule has 3 aliphatic rings. The third-order valence-electron chi connectivity index (χ3n) is 5.07. The molecule has 0 aromatic heterocycles. The van der Waals surface area contributed by atoms with E-state index in [1.54, 1.807) is 23.1 Å². The Morgan fingerprint density at radius 2 is 1.64 bits per heavy atom. The van der Waals surface area contributed by atoms with Crippen molar-refractivity contribution < 1.29 is 28.5 Å². The van der Waals surface area contributed by atoms with E-state index in [1.165, 1.54) is 0 Å². The molecule has 1 saturated heterocycles. The Bertz CT molecular complexity index is 960. The minimum atomic E-state index is -0.396. The fourth-order valence-corrected chi connectivity index (χ4v) is 3.57. The fraction of sp³-hybridized carbons (Fsp3) is 0.300. The third kappa shape index (κ3) is 2.96. The maximum absolute atomic E-state index is 12.6. The molecule has 144 valence electrons. The minimum Gasteiger partial charge on any atom is -0.454 e. The lowest BCUT2D eigenvalue weighted by molar-refractivity contribution is -0.126. The Labute approximate surface area is 160 Å². The largest absolute Gasteiger partial charge is 0.454 e. The van der Waals surface area contributed by atoms with Crippen LogP contribution in [-0.2, 0) is 16.1 Å². The van der Waals surface area contributed by atoms with E-state index in [1.807, 2.05) is 18.2 Å². The summed E-state index contributed by atoms with van der Waals surface area (Å²) in [4.78, 5) is 26.6. The zero-order valence-electron chi connectivity index (χ0n) is 15.0. The van der Waals surface area contributed by atoms with Gasteiger partial charge in [0.25, 0.3) is 0 Å². The van der Waals surface area contributed by atoms with Crippen LogP contribution in [0, 0.1) is 5.92 Å². The van der Waals surface area contributed by atoms with Crippen LogP contribution >= 0.6 is 0 Å². The predicted octanol–water partition coefficient (Wildman–Crippen LogP) is 1.81. The highest BCUT2D eigenvalue weighted by Gasteiger charge is 2.35. The van der Waals surface area contributed by atoms with Crippen molar-refractivity contribution in [3.05, 3.63) is 42.0 Å². The van der Waals surface area contributed by atoms with Crippen molar-refractivity contribution in [2.45, 2.75) is 13.0 Å². The number of amides is 2. The number of hydrogen-bond donors (Lipinski definition) is 1. The van der Waals surface area contributed by atoms with Gasteiger partial charge in [0.2, 0.25) is 25.4 Å². The molecule has 1 atom stereocenters. The number of nitrogens with one attached hydrogen (secondary N) is 1. The van der Waals surface area contributed by atoms with E-state index in [4.69, 9.17) is 18.9 Å². The second-order valence-corrected chi connectivity index (χ2v) is 6.85. The summed E-state index contributed by atoms with van der Waals surface area (Å²) in [6.45, 7) is 1.10. The smallest absolute Gasteiger partial charge is 0.231 e. The summed E-state index contributed by atoms with van der Waals surface area (Å²) in [6, 6.07) is 10.9. The van der Waals surface area contributed by atoms with Crippen molar-refractivity contribution in [1.82, 2.24) is 5.32 Å². The average Bonchev–Trinajstić information content (AvgIpc) is 3.44. The molecule has 0 spiro atoms. The Morgan fingerprint density at radius 1 is 0.964 bits per heavy atom. The summed E-state index contributed by atoms with van der Waals surface area (Å²) in [5, 5.41) is 2.91. The van der Waals surface area contributed by atoms with Crippen molar-refractivity contribution in [2.75, 3.05) is 25.0 Å². The highest BCUT2D eigenvalue weighted by Crippen LogP contribution is 2.37. The number of benzene rings is 2. The molecule has 0 radical (unpaired) electrons. The number of nitrogens with zero attached hydrogens (tertiary/aromatic N) is 1. The molecule has 3 heterocycles. The van der Waals surface area contributed by atoms with Crippen LogP contribution < -0.4 is 29.2 Å². The Balaban J connectivity index is 1.22. The lowest BCUT2D eigenvalue weighted by Crippen LogP contribution is -2.32. The van der Waals surface area contributed by atoms with Crippen LogP contribution in [0.3, 0.4) is 0 Å². The molecule has 2 amide bonds. The van der Waals surface area contributed by atoms with E-state index in [0.717, 1.165) is 5.56 Å². The Kier molecular flexibility index (Phi) is 3.96. The van der Waals surface area contributed by atoms with Gasteiger partial charge in [-0.2, -0.15) is 0 Å². The molecule has 2 aromatic carbocycles. The normalized spacial score (nSPS) is 19.2. The molecule has 0 bridgehead atoms. The monoisotopic (exact) mass is 382 g/mol. The van der Waals surface area contributed by atoms with Gasteiger partial charge in [0.15, 0.2) is 23.0 Å². The third-order valence-corrected chi connectivity index (χ3v) is 5.07. The molecule has 3 aliphatic heterocycles. The lowest BCUT2D eigenvalue weighted by atomic mass is 10.1. The van der Waals surface area contributed by atoms with Crippen molar-refractivity contribution in [3.8, 4) is 23.0 Å². The van der Waals surface area contributed by atoms with E-state index in [-0.39, 0.29) is 31.8 Å². The number of carbonyl (C=O) groups is 2. The Hall–Kier alpha value is -3.42. The molecule has 0 saturated carbocycles. The molecule has 5 rings (SSSR count). The predicted molar refractivity (Wildman–Crippen MR) is 97.4 cm³/mol. The first kappa shape index (κ1) is 16.7. The Morgan fingerprint density at radius 3 is 2.43 bits per heavy atom. The first-order valence-electron chi connectivity index (χ1n) is 9.03. The first-order valence-corrected chi connectivity index (χ1v) is 9.03. The van der Waals surface area contributed by atoms with Gasteiger partial charge in [-0.1, -0.05) is 6.07 Å². The average molecular weight is 382 g/mol. The zero-order chi connectivity index (χ0) is 19.1. The van der Waals surface area contributed by atoms with Crippen LogP contribution in [0.1, 0.15) is 12.0 Å². The van der Waals surface area contributed by atoms with Crippen LogP contribution in [0.15, 0.2) is 36.4 Å². The van der Waals surface area contributed by atoms with E-state index in [2.05, 4.69) is 5.32 Å². The van der Waals surface area contributed by atoms with Gasteiger partial charge in [-0.3, -0.25) is 9.59 Å². The number of rotatable bonds is 4. The van der Waals surface area contributed by atoms with Gasteiger partial charge in [0, 0.05) is 31.3 Å². The molecule has 8 heteroatoms. The summed E-state index contributed by atoms with van der Waals surface area (Å²) < 4.78 is 21.3. The minimum absolute atomic E-state index is 0.0814. The highest BCUT2D eigenvalue weighted by atomic mass is 16.7. The van der Waals surface area contributed by atoms with Crippen LogP contribution in [0.25, 0.3) is 0 Å². The van der Waals surface area contributed by atoms with Crippen molar-refractivity contribution in [2.24, 2.45) is 5.92 Å². The topological polar surface area (TPSA) is 86.3 Å². The molecular weight excluding hydrogens is 364 g/mol. The number of hydrogen-bond acceptors (Lipinski definition) is 6. The lowest BCUT2D eigenvalue weighted by Gasteiger charge is -2.17. The van der Waals surface area contributed by atoms with E-state index in [0.29, 0.717) is 41.8 Å². The van der Waals surface area contributed by atoms with Crippen molar-refractivity contribution in [1.29, 1.82) is 0 Å². The van der Waals surface area contributed by atoms with E-state index in [9.17, 15) is 9.59 Å². The van der Waals surface area contributed by atoms with Gasteiger partial charge in [0.05, 0.1) is 5.92 Å². The van der Waals surface area contributed by atoms with E-state index < -0.39 is 5.92 Å². The van der Waals surface area contributed by atoms with Crippen LogP contribution in [0.5, 0.6) is 23.0 Å². The summed E-state index contributed by atoms with van der Waals surface area (Å²) in [5.41, 5.74) is 1.62. The summed E-state index contributed by atoms with van der Waals surface area (Å²) in [7, 11) is 0. The number of ether oxygens (including phenoxy) is 4. The second kappa shape index (κ2) is 6.63. The quantitative estimate of drug-likeness (QED) is 0.868. The molecule has 8 nitrogen and oxygen atoms in total.